The van der Waals surface area contributed by atoms with Crippen molar-refractivity contribution in [2.75, 3.05) is 26.4 Å². The van der Waals surface area contributed by atoms with Crippen molar-refractivity contribution in [3.05, 3.63) is 10.1 Å². The summed E-state index contributed by atoms with van der Waals surface area (Å²) in [6.45, 7) is 0.828. The van der Waals surface area contributed by atoms with Crippen molar-refractivity contribution in [2.24, 2.45) is 0 Å². The third kappa shape index (κ3) is 9.12. The minimum atomic E-state index is -0.850. The number of nitrogens with zero attached hydrogens (tertiary/aromatic N) is 1. The average molecular weight is 179 g/mol. The molecule has 0 amide bonds. The number of hydrogen-bond acceptors (Lipinski definition) is 5. The molecule has 0 heterocycles. The maximum Gasteiger partial charge on any atom is 0.294 e. The third-order valence-corrected chi connectivity index (χ3v) is 1.12. The predicted octanol–water partition coefficient (Wildman–Crippen LogP) is -0.0162. The minimum absolute atomic E-state index is 0.0356. The van der Waals surface area contributed by atoms with Crippen LogP contribution in [0.2, 0.25) is 0 Å². The SMILES string of the molecule is O=[N+]([O-])OCCOCCCCO. The normalized spacial score (nSPS) is 9.75. The zero-order chi connectivity index (χ0) is 9.23. The summed E-state index contributed by atoms with van der Waals surface area (Å²) in [5.41, 5.74) is 0. The fourth-order valence-corrected chi connectivity index (χ4v) is 0.589. The molecule has 0 atom stereocenters. The van der Waals surface area contributed by atoms with Gasteiger partial charge < -0.3 is 14.7 Å². The van der Waals surface area contributed by atoms with Gasteiger partial charge in [-0.3, -0.25) is 0 Å². The number of hydrogen-bond donors (Lipinski definition) is 1. The van der Waals surface area contributed by atoms with Gasteiger partial charge in [0.15, 0.2) is 0 Å². The van der Waals surface area contributed by atoms with Crippen LogP contribution >= 0.6 is 0 Å². The van der Waals surface area contributed by atoms with Gasteiger partial charge in [0.05, 0.1) is 6.61 Å². The Morgan fingerprint density at radius 3 is 2.58 bits per heavy atom. The van der Waals surface area contributed by atoms with E-state index >= 15 is 0 Å². The van der Waals surface area contributed by atoms with Gasteiger partial charge in [-0.15, -0.1) is 10.1 Å². The van der Waals surface area contributed by atoms with Crippen LogP contribution in [0, 0.1) is 10.1 Å². The van der Waals surface area contributed by atoms with E-state index in [9.17, 15) is 10.1 Å². The van der Waals surface area contributed by atoms with Crippen molar-refractivity contribution >= 4 is 0 Å². The Morgan fingerprint density at radius 1 is 1.25 bits per heavy atom. The van der Waals surface area contributed by atoms with E-state index in [1.54, 1.807) is 0 Å². The second-order valence-electron chi connectivity index (χ2n) is 2.10. The highest BCUT2D eigenvalue weighted by atomic mass is 17.0. The fraction of sp³-hybridized carbons (Fsp3) is 1.00. The molecule has 0 aliphatic carbocycles. The van der Waals surface area contributed by atoms with Gasteiger partial charge in [0.2, 0.25) is 0 Å². The molecule has 0 saturated carbocycles. The van der Waals surface area contributed by atoms with E-state index < -0.39 is 5.09 Å². The second kappa shape index (κ2) is 8.22. The monoisotopic (exact) mass is 179 g/mol. The lowest BCUT2D eigenvalue weighted by Crippen LogP contribution is -2.09. The van der Waals surface area contributed by atoms with Gasteiger partial charge in [-0.05, 0) is 12.8 Å². The van der Waals surface area contributed by atoms with Crippen LogP contribution in [-0.4, -0.2) is 36.6 Å². The Balaban J connectivity index is 2.86. The predicted molar refractivity (Wildman–Crippen MR) is 40.1 cm³/mol. The van der Waals surface area contributed by atoms with Gasteiger partial charge in [-0.1, -0.05) is 0 Å². The molecule has 0 bridgehead atoms. The third-order valence-electron chi connectivity index (χ3n) is 1.12. The Hall–Kier alpha value is -0.880. The van der Waals surface area contributed by atoms with Crippen molar-refractivity contribution in [1.29, 1.82) is 0 Å². The highest BCUT2D eigenvalue weighted by Crippen LogP contribution is 1.88. The number of aliphatic hydroxyl groups is 1. The standard InChI is InChI=1S/C6H13NO5/c8-3-1-2-4-11-5-6-12-7(9)10/h8H,1-6H2. The number of unbranched alkanes of at least 4 members (excludes halogenated alkanes) is 1. The summed E-state index contributed by atoms with van der Waals surface area (Å²) in [6, 6.07) is 0. The van der Waals surface area contributed by atoms with Crippen LogP contribution in [0.4, 0.5) is 0 Å². The molecule has 0 radical (unpaired) electrons. The largest absolute Gasteiger partial charge is 0.396 e. The van der Waals surface area contributed by atoms with Crippen LogP contribution in [0.25, 0.3) is 0 Å². The van der Waals surface area contributed by atoms with Gasteiger partial charge in [-0.2, -0.15) is 0 Å². The Morgan fingerprint density at radius 2 is 2.00 bits per heavy atom. The van der Waals surface area contributed by atoms with Gasteiger partial charge >= 0.3 is 0 Å². The Kier molecular flexibility index (Phi) is 7.62. The first kappa shape index (κ1) is 11.1. The minimum Gasteiger partial charge on any atom is -0.396 e. The highest BCUT2D eigenvalue weighted by Gasteiger charge is 1.93. The molecular weight excluding hydrogens is 166 g/mol. The van der Waals surface area contributed by atoms with E-state index in [-0.39, 0.29) is 19.8 Å². The summed E-state index contributed by atoms with van der Waals surface area (Å²) in [5, 5.41) is 17.2. The summed E-state index contributed by atoms with van der Waals surface area (Å²) < 4.78 is 4.95. The van der Waals surface area contributed by atoms with E-state index in [1.165, 1.54) is 0 Å². The molecule has 6 nitrogen and oxygen atoms in total. The molecule has 0 spiro atoms. The molecule has 0 aliphatic heterocycles. The van der Waals surface area contributed by atoms with Crippen LogP contribution in [0.1, 0.15) is 12.8 Å². The van der Waals surface area contributed by atoms with Crippen LogP contribution < -0.4 is 0 Å². The van der Waals surface area contributed by atoms with Crippen LogP contribution in [0.5, 0.6) is 0 Å². The van der Waals surface area contributed by atoms with Crippen LogP contribution in [0.15, 0.2) is 0 Å². The van der Waals surface area contributed by atoms with Crippen molar-refractivity contribution in [3.8, 4) is 0 Å². The van der Waals surface area contributed by atoms with E-state index in [0.29, 0.717) is 13.0 Å². The molecule has 0 aliphatic rings. The second-order valence-corrected chi connectivity index (χ2v) is 2.10. The number of ether oxygens (including phenoxy) is 1. The summed E-state index contributed by atoms with van der Waals surface area (Å²) in [7, 11) is 0. The molecule has 0 aromatic carbocycles. The van der Waals surface area contributed by atoms with E-state index in [4.69, 9.17) is 9.84 Å². The van der Waals surface area contributed by atoms with Gasteiger partial charge in [0.1, 0.15) is 6.61 Å². The smallest absolute Gasteiger partial charge is 0.294 e. The number of rotatable bonds is 8. The molecule has 6 heteroatoms. The van der Waals surface area contributed by atoms with Crippen molar-refractivity contribution in [3.63, 3.8) is 0 Å². The first-order chi connectivity index (χ1) is 5.77. The maximum atomic E-state index is 9.63. The molecule has 72 valence electrons. The fourth-order valence-electron chi connectivity index (χ4n) is 0.589. The Bertz CT molecular complexity index is 119. The first-order valence-corrected chi connectivity index (χ1v) is 3.73. The van der Waals surface area contributed by atoms with Crippen molar-refractivity contribution in [2.45, 2.75) is 12.8 Å². The maximum absolute atomic E-state index is 9.63. The van der Waals surface area contributed by atoms with Gasteiger partial charge in [0, 0.05) is 13.2 Å². The number of aliphatic hydroxyl groups excluding tert-OH is 1. The molecule has 0 aromatic rings. The van der Waals surface area contributed by atoms with E-state index in [0.717, 1.165) is 6.42 Å². The highest BCUT2D eigenvalue weighted by molar-refractivity contribution is 4.35. The lowest BCUT2D eigenvalue weighted by atomic mass is 10.3. The molecule has 0 aromatic heterocycles. The molecule has 0 unspecified atom stereocenters. The Labute approximate surface area is 70.2 Å². The zero-order valence-corrected chi connectivity index (χ0v) is 6.77. The van der Waals surface area contributed by atoms with E-state index in [1.807, 2.05) is 0 Å². The summed E-state index contributed by atoms with van der Waals surface area (Å²) in [4.78, 5) is 13.6. The zero-order valence-electron chi connectivity index (χ0n) is 6.77. The lowest BCUT2D eigenvalue weighted by Gasteiger charge is -2.01. The van der Waals surface area contributed by atoms with E-state index in [2.05, 4.69) is 4.84 Å². The quantitative estimate of drug-likeness (QED) is 0.322. The van der Waals surface area contributed by atoms with Crippen LogP contribution in [-0.2, 0) is 9.57 Å². The topological polar surface area (TPSA) is 81.8 Å². The van der Waals surface area contributed by atoms with Gasteiger partial charge in [-0.25, -0.2) is 0 Å². The molecule has 0 rings (SSSR count). The van der Waals surface area contributed by atoms with Crippen molar-refractivity contribution in [1.82, 2.24) is 0 Å². The molecule has 0 saturated heterocycles. The van der Waals surface area contributed by atoms with Crippen LogP contribution in [0.3, 0.4) is 0 Å². The lowest BCUT2D eigenvalue weighted by molar-refractivity contribution is -0.758. The average Bonchev–Trinajstić information content (AvgIpc) is 2.02. The summed E-state index contributed by atoms with van der Waals surface area (Å²) in [5.74, 6) is 0. The molecule has 12 heavy (non-hydrogen) atoms. The summed E-state index contributed by atoms with van der Waals surface area (Å²) in [6.07, 6.45) is 1.45. The first-order valence-electron chi connectivity index (χ1n) is 3.73. The molecule has 1 N–H and O–H groups in total. The van der Waals surface area contributed by atoms with Gasteiger partial charge in [0.25, 0.3) is 5.09 Å². The summed E-state index contributed by atoms with van der Waals surface area (Å²) >= 11 is 0. The molecule has 0 fully saturated rings. The molecular formula is C6H13NO5. The van der Waals surface area contributed by atoms with Crippen molar-refractivity contribution < 1.29 is 19.8 Å².